The number of rotatable bonds is 5. The second-order valence-corrected chi connectivity index (χ2v) is 10.6. The van der Waals surface area contributed by atoms with Gasteiger partial charge in [-0.3, -0.25) is 4.79 Å². The van der Waals surface area contributed by atoms with Crippen LogP contribution in [0.3, 0.4) is 0 Å². The molecule has 2 unspecified atom stereocenters. The standard InChI is InChI=1S/C20H31N3O2S/c24-18(23-10-14-6-12-5-13(7-14)9-15(23)8-12)4-2-1-3-17-19-16(11-26-17)21-20(25)22-19/h12-17,19H,1-11H2,(H2,21,22,25)/t12-,13+,14?,15?,16-,17-,19+/m1/s1. The van der Waals surface area contributed by atoms with Crippen LogP contribution in [0.1, 0.15) is 57.8 Å². The van der Waals surface area contributed by atoms with Gasteiger partial charge in [-0.05, 0) is 62.7 Å². The van der Waals surface area contributed by atoms with E-state index in [0.717, 1.165) is 49.3 Å². The van der Waals surface area contributed by atoms with Gasteiger partial charge in [0.25, 0.3) is 0 Å². The van der Waals surface area contributed by atoms with Crippen LogP contribution in [0.5, 0.6) is 0 Å². The molecule has 144 valence electrons. The lowest BCUT2D eigenvalue weighted by Gasteiger charge is -2.39. The van der Waals surface area contributed by atoms with Gasteiger partial charge in [-0.1, -0.05) is 6.42 Å². The molecule has 0 aromatic heterocycles. The lowest BCUT2D eigenvalue weighted by Crippen LogP contribution is -2.42. The van der Waals surface area contributed by atoms with Gasteiger partial charge in [-0.15, -0.1) is 0 Å². The minimum absolute atomic E-state index is 0.00851. The molecule has 26 heavy (non-hydrogen) atoms. The van der Waals surface area contributed by atoms with Crippen molar-refractivity contribution in [1.82, 2.24) is 15.5 Å². The first-order chi connectivity index (χ1) is 12.7. The molecule has 6 rings (SSSR count). The van der Waals surface area contributed by atoms with E-state index in [1.165, 1.54) is 32.1 Å². The van der Waals surface area contributed by atoms with Gasteiger partial charge in [0.2, 0.25) is 5.91 Å². The number of urea groups is 1. The van der Waals surface area contributed by atoms with E-state index in [1.54, 1.807) is 0 Å². The van der Waals surface area contributed by atoms with Crippen molar-refractivity contribution in [2.45, 2.75) is 81.2 Å². The van der Waals surface area contributed by atoms with Crippen molar-refractivity contribution < 1.29 is 9.59 Å². The molecule has 0 aromatic rings. The molecule has 6 heteroatoms. The number of unbranched alkanes of at least 4 members (excludes halogenated alkanes) is 1. The maximum absolute atomic E-state index is 12.9. The van der Waals surface area contributed by atoms with Gasteiger partial charge in [0, 0.05) is 30.0 Å². The summed E-state index contributed by atoms with van der Waals surface area (Å²) in [5.41, 5.74) is 0. The molecule has 6 fully saturated rings. The zero-order chi connectivity index (χ0) is 17.7. The number of fused-ring (bicyclic) bond motifs is 2. The average Bonchev–Trinajstić information content (AvgIpc) is 3.07. The third-order valence-electron chi connectivity index (χ3n) is 7.49. The first-order valence-electron chi connectivity index (χ1n) is 10.6. The smallest absolute Gasteiger partial charge is 0.315 e. The van der Waals surface area contributed by atoms with E-state index in [2.05, 4.69) is 15.5 Å². The number of carbonyl (C=O) groups excluding carboxylic acids is 2. The summed E-state index contributed by atoms with van der Waals surface area (Å²) in [5.74, 6) is 4.01. The molecule has 2 saturated carbocycles. The molecule has 0 radical (unpaired) electrons. The van der Waals surface area contributed by atoms with Gasteiger partial charge in [0.1, 0.15) is 0 Å². The lowest BCUT2D eigenvalue weighted by molar-refractivity contribution is -0.134. The second kappa shape index (κ2) is 6.92. The van der Waals surface area contributed by atoms with Crippen molar-refractivity contribution in [2.24, 2.45) is 17.8 Å². The topological polar surface area (TPSA) is 61.4 Å². The number of thioether (sulfide) groups is 1. The predicted molar refractivity (Wildman–Crippen MR) is 103 cm³/mol. The van der Waals surface area contributed by atoms with Crippen LogP contribution in [0, 0.1) is 17.8 Å². The summed E-state index contributed by atoms with van der Waals surface area (Å²) in [6, 6.07) is 1.14. The molecule has 3 amide bonds. The van der Waals surface area contributed by atoms with Gasteiger partial charge in [-0.2, -0.15) is 11.8 Å². The zero-order valence-corrected chi connectivity index (χ0v) is 16.3. The summed E-state index contributed by atoms with van der Waals surface area (Å²) in [6.45, 7) is 1.04. The summed E-state index contributed by atoms with van der Waals surface area (Å²) >= 11 is 1.97. The first-order valence-corrected chi connectivity index (χ1v) is 11.7. The molecule has 4 aliphatic heterocycles. The van der Waals surface area contributed by atoms with E-state index in [4.69, 9.17) is 0 Å². The molecular weight excluding hydrogens is 346 g/mol. The van der Waals surface area contributed by atoms with E-state index in [9.17, 15) is 9.59 Å². The predicted octanol–water partition coefficient (Wildman–Crippen LogP) is 2.75. The molecule has 4 heterocycles. The Labute approximate surface area is 160 Å². The lowest BCUT2D eigenvalue weighted by atomic mass is 9.68. The van der Waals surface area contributed by atoms with Crippen LogP contribution in [0.2, 0.25) is 0 Å². The van der Waals surface area contributed by atoms with Crippen LogP contribution in [0.25, 0.3) is 0 Å². The maximum Gasteiger partial charge on any atom is 0.315 e. The van der Waals surface area contributed by atoms with E-state index in [-0.39, 0.29) is 6.03 Å². The fourth-order valence-electron chi connectivity index (χ4n) is 6.50. The fraction of sp³-hybridized carbons (Fsp3) is 0.900. The first kappa shape index (κ1) is 17.2. The van der Waals surface area contributed by atoms with Gasteiger partial charge in [-0.25, -0.2) is 4.79 Å². The van der Waals surface area contributed by atoms with Gasteiger partial charge >= 0.3 is 6.03 Å². The number of amides is 3. The molecule has 0 spiro atoms. The third-order valence-corrected chi connectivity index (χ3v) is 9.00. The van der Waals surface area contributed by atoms with Gasteiger partial charge < -0.3 is 15.5 Å². The van der Waals surface area contributed by atoms with Crippen LogP contribution >= 0.6 is 11.8 Å². The molecule has 6 aliphatic rings. The number of nitrogens with zero attached hydrogens (tertiary/aromatic N) is 1. The van der Waals surface area contributed by atoms with Crippen LogP contribution in [0.4, 0.5) is 4.79 Å². The van der Waals surface area contributed by atoms with Crippen molar-refractivity contribution in [2.75, 3.05) is 12.3 Å². The minimum Gasteiger partial charge on any atom is -0.339 e. The Kier molecular flexibility index (Phi) is 4.58. The Morgan fingerprint density at radius 1 is 1.04 bits per heavy atom. The highest BCUT2D eigenvalue weighted by Gasteiger charge is 2.44. The van der Waals surface area contributed by atoms with Gasteiger partial charge in [0.15, 0.2) is 0 Å². The number of carbonyl (C=O) groups is 2. The summed E-state index contributed by atoms with van der Waals surface area (Å²) in [6.07, 6.45) is 10.6. The van der Waals surface area contributed by atoms with Crippen molar-refractivity contribution in [3.8, 4) is 0 Å². The molecule has 4 saturated heterocycles. The third kappa shape index (κ3) is 3.23. The fourth-order valence-corrected chi connectivity index (χ4v) is 8.04. The minimum atomic E-state index is -0.00851. The summed E-state index contributed by atoms with van der Waals surface area (Å²) < 4.78 is 0. The highest BCUT2D eigenvalue weighted by atomic mass is 32.2. The number of nitrogens with one attached hydrogen (secondary N) is 2. The molecule has 2 aliphatic carbocycles. The van der Waals surface area contributed by atoms with Crippen molar-refractivity contribution in [1.29, 1.82) is 0 Å². The van der Waals surface area contributed by atoms with E-state index in [0.29, 0.717) is 35.7 Å². The van der Waals surface area contributed by atoms with Gasteiger partial charge in [0.05, 0.1) is 12.1 Å². The SMILES string of the molecule is O=C1N[C@H]2[C@@H](CS[C@@H]2CCCCC(=O)N2CC3C[C@@H]4CC2C[C@H](C3)C4)N1. The van der Waals surface area contributed by atoms with Crippen molar-refractivity contribution >= 4 is 23.7 Å². The van der Waals surface area contributed by atoms with Crippen LogP contribution < -0.4 is 10.6 Å². The molecule has 5 nitrogen and oxygen atoms in total. The highest BCUT2D eigenvalue weighted by Crippen LogP contribution is 2.47. The Morgan fingerprint density at radius 2 is 1.81 bits per heavy atom. The molecule has 7 atom stereocenters. The Balaban J connectivity index is 1.09. The summed E-state index contributed by atoms with van der Waals surface area (Å²) in [4.78, 5) is 26.6. The van der Waals surface area contributed by atoms with Crippen LogP contribution in [-0.4, -0.2) is 52.5 Å². The quantitative estimate of drug-likeness (QED) is 0.572. The highest BCUT2D eigenvalue weighted by molar-refractivity contribution is 8.00. The average molecular weight is 378 g/mol. The van der Waals surface area contributed by atoms with E-state index < -0.39 is 0 Å². The largest absolute Gasteiger partial charge is 0.339 e. The Morgan fingerprint density at radius 3 is 2.62 bits per heavy atom. The molecular formula is C20H31N3O2S. The maximum atomic E-state index is 12.9. The number of hydrogen-bond acceptors (Lipinski definition) is 3. The Hall–Kier alpha value is -0.910. The van der Waals surface area contributed by atoms with E-state index in [1.807, 2.05) is 11.8 Å². The normalized spacial score (nSPS) is 43.2. The van der Waals surface area contributed by atoms with Crippen LogP contribution in [-0.2, 0) is 4.79 Å². The molecule has 4 bridgehead atoms. The van der Waals surface area contributed by atoms with Crippen LogP contribution in [0.15, 0.2) is 0 Å². The molecule has 2 N–H and O–H groups in total. The van der Waals surface area contributed by atoms with Crippen molar-refractivity contribution in [3.05, 3.63) is 0 Å². The second-order valence-electron chi connectivity index (χ2n) is 9.34. The van der Waals surface area contributed by atoms with E-state index >= 15 is 0 Å². The summed E-state index contributed by atoms with van der Waals surface area (Å²) in [5, 5.41) is 6.57. The van der Waals surface area contributed by atoms with Crippen molar-refractivity contribution in [3.63, 3.8) is 0 Å². The monoisotopic (exact) mass is 377 g/mol. The molecule has 0 aromatic carbocycles. The Bertz CT molecular complexity index is 571. The number of hydrogen-bond donors (Lipinski definition) is 2. The summed E-state index contributed by atoms with van der Waals surface area (Å²) in [7, 11) is 0. The zero-order valence-electron chi connectivity index (χ0n) is 15.5.